The van der Waals surface area contributed by atoms with E-state index in [1.807, 2.05) is 18.7 Å². The molecule has 4 rings (SSSR count). The van der Waals surface area contributed by atoms with Crippen molar-refractivity contribution < 1.29 is 18.4 Å². The summed E-state index contributed by atoms with van der Waals surface area (Å²) in [5, 5.41) is 4.16. The number of amides is 1. The molecule has 1 atom stereocenters. The van der Waals surface area contributed by atoms with Gasteiger partial charge < -0.3 is 14.2 Å². The molecule has 2 saturated heterocycles. The van der Waals surface area contributed by atoms with Gasteiger partial charge in [-0.2, -0.15) is 4.98 Å². The van der Waals surface area contributed by atoms with Crippen LogP contribution in [0.5, 0.6) is 5.75 Å². The summed E-state index contributed by atoms with van der Waals surface area (Å²) in [6.45, 7) is 6.32. The van der Waals surface area contributed by atoms with Crippen molar-refractivity contribution >= 4 is 5.91 Å². The number of hydrogen-bond acceptors (Lipinski definition) is 6. The average Bonchev–Trinajstić information content (AvgIpc) is 3.24. The Morgan fingerprint density at radius 2 is 2.04 bits per heavy atom. The van der Waals surface area contributed by atoms with E-state index in [9.17, 15) is 9.18 Å². The van der Waals surface area contributed by atoms with Gasteiger partial charge in [0.2, 0.25) is 5.89 Å². The van der Waals surface area contributed by atoms with E-state index in [0.717, 1.165) is 18.8 Å². The van der Waals surface area contributed by atoms with Crippen molar-refractivity contribution in [2.45, 2.75) is 32.2 Å². The zero-order valence-electron chi connectivity index (χ0n) is 16.4. The van der Waals surface area contributed by atoms with Crippen LogP contribution in [0, 0.1) is 11.2 Å². The molecule has 8 heteroatoms. The molecule has 28 heavy (non-hydrogen) atoms. The quantitative estimate of drug-likeness (QED) is 0.784. The summed E-state index contributed by atoms with van der Waals surface area (Å²) in [5.41, 5.74) is 0.0730. The van der Waals surface area contributed by atoms with Crippen molar-refractivity contribution in [1.82, 2.24) is 19.9 Å². The molecule has 150 valence electrons. The zero-order chi connectivity index (χ0) is 19.9. The number of halogens is 1. The summed E-state index contributed by atoms with van der Waals surface area (Å²) < 4.78 is 23.7. The average molecular weight is 388 g/mol. The maximum absolute atomic E-state index is 12.9. The second kappa shape index (κ2) is 7.16. The summed E-state index contributed by atoms with van der Waals surface area (Å²) in [5.74, 6) is 1.71. The lowest BCUT2D eigenvalue weighted by Crippen LogP contribution is -2.60. The fraction of sp³-hybridized carbons (Fsp3) is 0.550. The van der Waals surface area contributed by atoms with Crippen molar-refractivity contribution in [3.8, 4) is 5.75 Å². The summed E-state index contributed by atoms with van der Waals surface area (Å²) >= 11 is 0. The molecule has 2 aliphatic rings. The highest BCUT2D eigenvalue weighted by Crippen LogP contribution is 2.47. The van der Waals surface area contributed by atoms with Crippen LogP contribution in [0.25, 0.3) is 0 Å². The lowest BCUT2D eigenvalue weighted by molar-refractivity contribution is -0.144. The molecule has 2 fully saturated rings. The van der Waals surface area contributed by atoms with Gasteiger partial charge in [-0.15, -0.1) is 0 Å². The third kappa shape index (κ3) is 3.61. The Bertz CT molecular complexity index is 845. The van der Waals surface area contributed by atoms with E-state index in [4.69, 9.17) is 9.26 Å². The van der Waals surface area contributed by atoms with Crippen molar-refractivity contribution in [3.05, 3.63) is 41.8 Å². The number of aromatic nitrogens is 2. The van der Waals surface area contributed by atoms with Gasteiger partial charge in [0.15, 0.2) is 12.4 Å². The summed E-state index contributed by atoms with van der Waals surface area (Å²) in [7, 11) is 2.06. The lowest BCUT2D eigenvalue weighted by Gasteiger charge is -2.48. The van der Waals surface area contributed by atoms with Gasteiger partial charge in [0.1, 0.15) is 11.6 Å². The van der Waals surface area contributed by atoms with Gasteiger partial charge >= 0.3 is 0 Å². The number of carbonyl (C=O) groups is 1. The van der Waals surface area contributed by atoms with E-state index in [1.54, 1.807) is 0 Å². The highest BCUT2D eigenvalue weighted by Gasteiger charge is 2.53. The van der Waals surface area contributed by atoms with Crippen molar-refractivity contribution in [2.24, 2.45) is 5.41 Å². The molecule has 0 saturated carbocycles. The van der Waals surface area contributed by atoms with Crippen LogP contribution in [-0.2, 0) is 4.79 Å². The van der Waals surface area contributed by atoms with Crippen LogP contribution in [0.15, 0.2) is 28.8 Å². The number of nitrogens with zero attached hydrogens (tertiary/aromatic N) is 4. The number of rotatable bonds is 5. The van der Waals surface area contributed by atoms with E-state index >= 15 is 0 Å². The highest BCUT2D eigenvalue weighted by atomic mass is 19.1. The van der Waals surface area contributed by atoms with Crippen molar-refractivity contribution in [1.29, 1.82) is 0 Å². The number of benzene rings is 1. The van der Waals surface area contributed by atoms with Crippen LogP contribution in [-0.4, -0.2) is 59.1 Å². The first-order valence-electron chi connectivity index (χ1n) is 9.55. The molecule has 0 N–H and O–H groups in total. The molecular formula is C20H25FN4O3. The first kappa shape index (κ1) is 18.9. The second-order valence-corrected chi connectivity index (χ2v) is 8.27. The smallest absolute Gasteiger partial charge is 0.260 e. The summed E-state index contributed by atoms with van der Waals surface area (Å²) in [6, 6.07) is 5.79. The fourth-order valence-corrected chi connectivity index (χ4v) is 4.11. The molecule has 2 aliphatic heterocycles. The Balaban J connectivity index is 1.31. The largest absolute Gasteiger partial charge is 0.484 e. The van der Waals surface area contributed by atoms with Gasteiger partial charge in [0.05, 0.1) is 6.04 Å². The van der Waals surface area contributed by atoms with Crippen LogP contribution in [0.1, 0.15) is 43.9 Å². The highest BCUT2D eigenvalue weighted by molar-refractivity contribution is 5.78. The first-order valence-corrected chi connectivity index (χ1v) is 9.55. The molecular weight excluding hydrogens is 363 g/mol. The van der Waals surface area contributed by atoms with E-state index in [2.05, 4.69) is 22.1 Å². The number of hydrogen-bond donors (Lipinski definition) is 0. The minimum absolute atomic E-state index is 0.0381. The number of ether oxygens (including phenoxy) is 1. The molecule has 1 aromatic heterocycles. The first-order chi connectivity index (χ1) is 13.3. The molecule has 0 aliphatic carbocycles. The molecule has 3 heterocycles. The Morgan fingerprint density at radius 3 is 2.68 bits per heavy atom. The zero-order valence-corrected chi connectivity index (χ0v) is 16.4. The number of carbonyl (C=O) groups excluding carboxylic acids is 1. The van der Waals surface area contributed by atoms with Crippen LogP contribution in [0.3, 0.4) is 0 Å². The second-order valence-electron chi connectivity index (χ2n) is 8.27. The SMILES string of the molecule is CC(C)c1nc(C2CC3(CN(C(=O)COc4ccc(F)cc4)C3)CN2C)no1. The predicted molar refractivity (Wildman–Crippen MR) is 99.3 cm³/mol. The molecule has 2 aromatic rings. The molecule has 0 bridgehead atoms. The van der Waals surface area contributed by atoms with Gasteiger partial charge in [-0.25, -0.2) is 4.39 Å². The van der Waals surface area contributed by atoms with E-state index < -0.39 is 0 Å². The van der Waals surface area contributed by atoms with Gasteiger partial charge in [0, 0.05) is 31.0 Å². The van der Waals surface area contributed by atoms with Crippen molar-refractivity contribution in [3.63, 3.8) is 0 Å². The van der Waals surface area contributed by atoms with Crippen LogP contribution in [0.4, 0.5) is 4.39 Å². The van der Waals surface area contributed by atoms with Gasteiger partial charge in [-0.05, 0) is 37.7 Å². The maximum Gasteiger partial charge on any atom is 0.260 e. The Morgan fingerprint density at radius 1 is 1.32 bits per heavy atom. The monoisotopic (exact) mass is 388 g/mol. The van der Waals surface area contributed by atoms with Crippen LogP contribution < -0.4 is 4.74 Å². The molecule has 1 aromatic carbocycles. The molecule has 1 unspecified atom stereocenters. The van der Waals surface area contributed by atoms with E-state index in [1.165, 1.54) is 24.3 Å². The normalized spacial score (nSPS) is 21.3. The summed E-state index contributed by atoms with van der Waals surface area (Å²) in [4.78, 5) is 21.0. The van der Waals surface area contributed by atoms with Gasteiger partial charge in [-0.1, -0.05) is 19.0 Å². The molecule has 1 amide bonds. The molecule has 7 nitrogen and oxygen atoms in total. The predicted octanol–water partition coefficient (Wildman–Crippen LogP) is 2.62. The topological polar surface area (TPSA) is 71.7 Å². The standard InChI is InChI=1S/C20H25FN4O3/c1-13(2)19-22-18(23-28-19)16-8-20(10-24(16)3)11-25(12-20)17(26)9-27-15-6-4-14(21)5-7-15/h4-7,13,16H,8-12H2,1-3H3. The van der Waals surface area contributed by atoms with E-state index in [0.29, 0.717) is 24.7 Å². The molecule has 0 radical (unpaired) electrons. The van der Waals surface area contributed by atoms with Crippen LogP contribution >= 0.6 is 0 Å². The lowest BCUT2D eigenvalue weighted by atomic mass is 9.77. The minimum atomic E-state index is -0.328. The fourth-order valence-electron chi connectivity index (χ4n) is 4.11. The third-order valence-corrected chi connectivity index (χ3v) is 5.57. The third-order valence-electron chi connectivity index (χ3n) is 5.57. The Hall–Kier alpha value is -2.48. The number of likely N-dealkylation sites (tertiary alicyclic amines) is 2. The Kier molecular flexibility index (Phi) is 4.82. The Labute approximate surface area is 163 Å². The maximum atomic E-state index is 12.9. The van der Waals surface area contributed by atoms with Crippen LogP contribution in [0.2, 0.25) is 0 Å². The van der Waals surface area contributed by atoms with Gasteiger partial charge in [0.25, 0.3) is 5.91 Å². The summed E-state index contributed by atoms with van der Waals surface area (Å²) in [6.07, 6.45) is 0.906. The van der Waals surface area contributed by atoms with Gasteiger partial charge in [-0.3, -0.25) is 9.69 Å². The molecule has 1 spiro atoms. The van der Waals surface area contributed by atoms with Crippen molar-refractivity contribution in [2.75, 3.05) is 33.3 Å². The van der Waals surface area contributed by atoms with E-state index in [-0.39, 0.29) is 35.7 Å². The minimum Gasteiger partial charge on any atom is -0.484 e.